The highest BCUT2D eigenvalue weighted by atomic mass is 32.3. The van der Waals surface area contributed by atoms with E-state index >= 15 is 0 Å². The third-order valence-electron chi connectivity index (χ3n) is 6.45. The van der Waals surface area contributed by atoms with Gasteiger partial charge in [0.15, 0.2) is 0 Å². The van der Waals surface area contributed by atoms with Gasteiger partial charge in [-0.1, -0.05) is 26.0 Å². The molecule has 0 amide bonds. The maximum atomic E-state index is 12.9. The van der Waals surface area contributed by atoms with E-state index in [0.29, 0.717) is 24.2 Å². The average Bonchev–Trinajstić information content (AvgIpc) is 2.87. The smallest absolute Gasteiger partial charge is 0.277 e. The Morgan fingerprint density at radius 3 is 2.33 bits per heavy atom. The van der Waals surface area contributed by atoms with Gasteiger partial charge in [-0.05, 0) is 54.4 Å². The molecule has 2 saturated carbocycles. The van der Waals surface area contributed by atoms with Crippen molar-refractivity contribution in [3.63, 3.8) is 0 Å². The molecule has 0 spiro atoms. The zero-order valence-corrected chi connectivity index (χ0v) is 18.0. The van der Waals surface area contributed by atoms with Gasteiger partial charge in [0, 0.05) is 12.2 Å². The van der Waals surface area contributed by atoms with Crippen LogP contribution < -0.4 is 0 Å². The monoisotopic (exact) mass is 409 g/mol. The normalized spacial score (nSPS) is 27.5. The lowest BCUT2D eigenvalue weighted by atomic mass is 9.70. The standard InChI is InChI=1S/C20H27NO4S2/c1-19(2)17-9-10-20(19,18(22)11-17)14-27(23,24)25-26(3,4)13-16-7-5-15(12-21)6-8-16/h5-8,17H,9-11,13-14H2,1-4H3. The number of fused-ring (bicyclic) bond motifs is 2. The van der Waals surface area contributed by atoms with Gasteiger partial charge in [-0.2, -0.15) is 13.7 Å². The van der Waals surface area contributed by atoms with Crippen molar-refractivity contribution in [2.45, 2.75) is 38.9 Å². The van der Waals surface area contributed by atoms with Crippen LogP contribution in [0.1, 0.15) is 44.2 Å². The topological polar surface area (TPSA) is 84.2 Å². The molecular weight excluding hydrogens is 382 g/mol. The lowest BCUT2D eigenvalue weighted by Gasteiger charge is -2.37. The van der Waals surface area contributed by atoms with Crippen LogP contribution in [0.4, 0.5) is 0 Å². The van der Waals surface area contributed by atoms with Gasteiger partial charge in [0.1, 0.15) is 5.78 Å². The van der Waals surface area contributed by atoms with E-state index in [4.69, 9.17) is 8.89 Å². The fourth-order valence-corrected chi connectivity index (χ4v) is 9.72. The van der Waals surface area contributed by atoms with Crippen LogP contribution in [0, 0.1) is 28.1 Å². The first-order valence-electron chi connectivity index (χ1n) is 9.08. The summed E-state index contributed by atoms with van der Waals surface area (Å²) >= 11 is 0. The molecule has 0 N–H and O–H groups in total. The van der Waals surface area contributed by atoms with Gasteiger partial charge in [-0.3, -0.25) is 4.79 Å². The Morgan fingerprint density at radius 1 is 1.22 bits per heavy atom. The van der Waals surface area contributed by atoms with Crippen LogP contribution in [0.15, 0.2) is 24.3 Å². The molecule has 2 aliphatic rings. The second kappa shape index (κ2) is 6.61. The van der Waals surface area contributed by atoms with Crippen LogP contribution in [0.5, 0.6) is 0 Å². The number of benzene rings is 1. The number of ketones is 1. The highest BCUT2D eigenvalue weighted by Gasteiger charge is 2.65. The molecular formula is C20H27NO4S2. The van der Waals surface area contributed by atoms with Gasteiger partial charge in [0.05, 0.1) is 22.8 Å². The van der Waals surface area contributed by atoms with Crippen LogP contribution in [0.3, 0.4) is 0 Å². The van der Waals surface area contributed by atoms with Crippen LogP contribution in [-0.2, 0) is 24.3 Å². The molecule has 2 atom stereocenters. The lowest BCUT2D eigenvalue weighted by Crippen LogP contribution is -2.42. The summed E-state index contributed by atoms with van der Waals surface area (Å²) in [5.74, 6) is 0.617. The van der Waals surface area contributed by atoms with Crippen molar-refractivity contribution >= 4 is 26.2 Å². The first kappa shape index (κ1) is 20.4. The highest BCUT2D eigenvalue weighted by molar-refractivity contribution is 8.31. The minimum atomic E-state index is -3.84. The Labute approximate surface area is 163 Å². The first-order valence-corrected chi connectivity index (χ1v) is 13.2. The zero-order chi connectivity index (χ0) is 20.1. The largest absolute Gasteiger partial charge is 0.299 e. The average molecular weight is 410 g/mol. The number of nitrogens with zero attached hydrogens (tertiary/aromatic N) is 1. The summed E-state index contributed by atoms with van der Waals surface area (Å²) in [5, 5.41) is 8.89. The molecule has 0 aromatic heterocycles. The van der Waals surface area contributed by atoms with Gasteiger partial charge in [0.2, 0.25) is 0 Å². The van der Waals surface area contributed by atoms with Gasteiger partial charge in [-0.25, -0.2) is 3.63 Å². The molecule has 27 heavy (non-hydrogen) atoms. The maximum absolute atomic E-state index is 12.9. The number of rotatable bonds is 6. The molecule has 3 rings (SSSR count). The van der Waals surface area contributed by atoms with Gasteiger partial charge in [0.25, 0.3) is 10.1 Å². The van der Waals surface area contributed by atoms with Crippen molar-refractivity contribution in [1.82, 2.24) is 0 Å². The third kappa shape index (κ3) is 3.67. The molecule has 7 heteroatoms. The van der Waals surface area contributed by atoms with Crippen molar-refractivity contribution in [2.75, 3.05) is 18.3 Å². The first-order chi connectivity index (χ1) is 12.4. The van der Waals surface area contributed by atoms with Crippen molar-refractivity contribution in [2.24, 2.45) is 16.7 Å². The van der Waals surface area contributed by atoms with E-state index in [2.05, 4.69) is 6.07 Å². The summed E-state index contributed by atoms with van der Waals surface area (Å²) in [4.78, 5) is 12.6. The minimum Gasteiger partial charge on any atom is -0.299 e. The van der Waals surface area contributed by atoms with E-state index in [9.17, 15) is 13.2 Å². The Morgan fingerprint density at radius 2 is 1.85 bits per heavy atom. The Kier molecular flexibility index (Phi) is 4.99. The van der Waals surface area contributed by atoms with Crippen molar-refractivity contribution in [3.8, 4) is 6.07 Å². The summed E-state index contributed by atoms with van der Waals surface area (Å²) in [6.07, 6.45) is 5.68. The van der Waals surface area contributed by atoms with E-state index in [0.717, 1.165) is 12.0 Å². The fraction of sp³-hybridized carbons (Fsp3) is 0.600. The zero-order valence-electron chi connectivity index (χ0n) is 16.3. The molecule has 2 unspecified atom stereocenters. The predicted molar refractivity (Wildman–Crippen MR) is 108 cm³/mol. The number of hydrogen-bond acceptors (Lipinski definition) is 5. The number of Topliss-reactive ketones (excluding diaryl/α,β-unsaturated/α-hetero) is 1. The van der Waals surface area contributed by atoms with Crippen LogP contribution in [-0.4, -0.2) is 32.5 Å². The molecule has 2 fully saturated rings. The molecule has 0 radical (unpaired) electrons. The second-order valence-corrected chi connectivity index (χ2v) is 13.9. The third-order valence-corrected chi connectivity index (χ3v) is 10.6. The highest BCUT2D eigenvalue weighted by Crippen LogP contribution is 2.64. The van der Waals surface area contributed by atoms with Crippen LogP contribution >= 0.6 is 10.3 Å². The quantitative estimate of drug-likeness (QED) is 0.714. The van der Waals surface area contributed by atoms with E-state index < -0.39 is 25.8 Å². The minimum absolute atomic E-state index is 0.0795. The van der Waals surface area contributed by atoms with Crippen molar-refractivity contribution in [3.05, 3.63) is 35.4 Å². The summed E-state index contributed by atoms with van der Waals surface area (Å²) in [6, 6.07) is 9.16. The molecule has 0 heterocycles. The van der Waals surface area contributed by atoms with E-state index in [1.165, 1.54) is 0 Å². The SMILES string of the molecule is CC1(C)C2CCC1(CS(=O)(=O)OS(C)(C)Cc1ccc(C#N)cc1)C(=O)C2. The lowest BCUT2D eigenvalue weighted by molar-refractivity contribution is -0.128. The molecule has 2 aliphatic carbocycles. The van der Waals surface area contributed by atoms with Gasteiger partial charge >= 0.3 is 0 Å². The summed E-state index contributed by atoms with van der Waals surface area (Å²) in [5.41, 5.74) is 0.394. The van der Waals surface area contributed by atoms with E-state index in [1.54, 1.807) is 12.1 Å². The molecule has 2 bridgehead atoms. The maximum Gasteiger partial charge on any atom is 0.277 e. The Bertz CT molecular complexity index is 897. The molecule has 0 aliphatic heterocycles. The number of nitriles is 1. The molecule has 0 saturated heterocycles. The number of hydrogen-bond donors (Lipinski definition) is 0. The van der Waals surface area contributed by atoms with E-state index in [-0.39, 0.29) is 22.9 Å². The Balaban J connectivity index is 1.75. The molecule has 5 nitrogen and oxygen atoms in total. The van der Waals surface area contributed by atoms with Gasteiger partial charge < -0.3 is 0 Å². The molecule has 1 aromatic rings. The molecule has 148 valence electrons. The molecule has 1 aromatic carbocycles. The second-order valence-electron chi connectivity index (χ2n) is 8.83. The predicted octanol–water partition coefficient (Wildman–Crippen LogP) is 3.78. The van der Waals surface area contributed by atoms with Crippen molar-refractivity contribution in [1.29, 1.82) is 5.26 Å². The van der Waals surface area contributed by atoms with E-state index in [1.807, 2.05) is 38.5 Å². The summed E-state index contributed by atoms with van der Waals surface area (Å²) < 4.78 is 31.5. The van der Waals surface area contributed by atoms with Crippen molar-refractivity contribution < 1.29 is 16.8 Å². The van der Waals surface area contributed by atoms with Crippen LogP contribution in [0.25, 0.3) is 0 Å². The summed E-state index contributed by atoms with van der Waals surface area (Å²) in [7, 11) is -5.75. The van der Waals surface area contributed by atoms with Crippen LogP contribution in [0.2, 0.25) is 0 Å². The Hall–Kier alpha value is -1.36. The van der Waals surface area contributed by atoms with Gasteiger partial charge in [-0.15, -0.1) is 10.3 Å². The number of carbonyl (C=O) groups excluding carboxylic acids is 1. The fourth-order valence-electron chi connectivity index (χ4n) is 4.82. The number of carbonyl (C=O) groups is 1. The summed E-state index contributed by atoms with van der Waals surface area (Å²) in [6.45, 7) is 4.06.